The maximum atomic E-state index is 12.4. The highest BCUT2D eigenvalue weighted by Crippen LogP contribution is 2.38. The Morgan fingerprint density at radius 1 is 1.17 bits per heavy atom. The van der Waals surface area contributed by atoms with Crippen LogP contribution in [0.2, 0.25) is 0 Å². The summed E-state index contributed by atoms with van der Waals surface area (Å²) in [6, 6.07) is 9.96. The summed E-state index contributed by atoms with van der Waals surface area (Å²) >= 11 is 0. The molecule has 1 saturated heterocycles. The predicted octanol–water partition coefficient (Wildman–Crippen LogP) is 3.53. The van der Waals surface area contributed by atoms with Gasteiger partial charge >= 0.3 is 0 Å². The largest absolute Gasteiger partial charge is 0.496 e. The van der Waals surface area contributed by atoms with Gasteiger partial charge in [0.25, 0.3) is 5.91 Å². The molecule has 0 aliphatic carbocycles. The number of carbonyl (C=O) groups excluding carboxylic acids is 1. The first-order valence-electron chi connectivity index (χ1n) is 11.9. The lowest BCUT2D eigenvalue weighted by molar-refractivity contribution is 0.100. The number of hydrogen-bond acceptors (Lipinski definition) is 5. The quantitative estimate of drug-likeness (QED) is 0.494. The molecule has 35 heavy (non-hydrogen) atoms. The van der Waals surface area contributed by atoms with Gasteiger partial charge in [0.15, 0.2) is 0 Å². The summed E-state index contributed by atoms with van der Waals surface area (Å²) in [4.78, 5) is 17.7. The number of fused-ring (bicyclic) bond motifs is 1. The third-order valence-corrected chi connectivity index (χ3v) is 8.72. The van der Waals surface area contributed by atoms with Crippen LogP contribution in [0.25, 0.3) is 22.0 Å². The minimum atomic E-state index is -3.18. The molecule has 4 rings (SSSR count). The number of sulfonamides is 1. The number of aromatic amines is 1. The maximum Gasteiger partial charge on any atom is 0.250 e. The van der Waals surface area contributed by atoms with E-state index in [0.29, 0.717) is 18.7 Å². The number of nitrogens with zero attached hydrogens (tertiary/aromatic N) is 2. The zero-order chi connectivity index (χ0) is 25.3. The average molecular weight is 499 g/mol. The third-order valence-electron chi connectivity index (χ3n) is 6.84. The first-order valence-corrected chi connectivity index (χ1v) is 13.5. The van der Waals surface area contributed by atoms with E-state index in [1.54, 1.807) is 18.3 Å². The zero-order valence-corrected chi connectivity index (χ0v) is 21.6. The molecule has 1 amide bonds. The topological polar surface area (TPSA) is 109 Å². The smallest absolute Gasteiger partial charge is 0.250 e. The minimum Gasteiger partial charge on any atom is -0.496 e. The van der Waals surface area contributed by atoms with Gasteiger partial charge in [-0.1, -0.05) is 6.07 Å². The second-order valence-corrected chi connectivity index (χ2v) is 11.7. The van der Waals surface area contributed by atoms with E-state index >= 15 is 0 Å². The van der Waals surface area contributed by atoms with Gasteiger partial charge in [0.05, 0.1) is 23.9 Å². The number of amides is 1. The van der Waals surface area contributed by atoms with E-state index < -0.39 is 15.9 Å². The summed E-state index contributed by atoms with van der Waals surface area (Å²) < 4.78 is 31.7. The van der Waals surface area contributed by atoms with Crippen molar-refractivity contribution in [2.24, 2.45) is 5.73 Å². The van der Waals surface area contributed by atoms with Crippen molar-refractivity contribution in [3.05, 3.63) is 53.2 Å². The summed E-state index contributed by atoms with van der Waals surface area (Å²) in [7, 11) is 2.49. The van der Waals surface area contributed by atoms with Crippen molar-refractivity contribution in [3.63, 3.8) is 0 Å². The van der Waals surface area contributed by atoms with Gasteiger partial charge in [-0.05, 0) is 80.7 Å². The van der Waals surface area contributed by atoms with E-state index in [1.165, 1.54) is 0 Å². The molecule has 2 aromatic carbocycles. The summed E-state index contributed by atoms with van der Waals surface area (Å²) in [6.45, 7) is 3.40. The Morgan fingerprint density at radius 2 is 1.89 bits per heavy atom. The van der Waals surface area contributed by atoms with E-state index in [0.717, 1.165) is 58.3 Å². The number of methoxy groups -OCH3 is 1. The van der Waals surface area contributed by atoms with Crippen molar-refractivity contribution in [1.29, 1.82) is 0 Å². The highest BCUT2D eigenvalue weighted by atomic mass is 32.2. The molecule has 2 heterocycles. The van der Waals surface area contributed by atoms with Crippen molar-refractivity contribution >= 4 is 26.8 Å². The van der Waals surface area contributed by atoms with Crippen LogP contribution in [0.3, 0.4) is 0 Å². The molecular formula is C26H34N4O4S. The number of rotatable bonds is 8. The van der Waals surface area contributed by atoms with Crippen LogP contribution in [0.1, 0.15) is 47.2 Å². The molecule has 0 atom stereocenters. The van der Waals surface area contributed by atoms with Crippen LogP contribution in [0.4, 0.5) is 0 Å². The van der Waals surface area contributed by atoms with Crippen molar-refractivity contribution < 1.29 is 17.9 Å². The van der Waals surface area contributed by atoms with Crippen molar-refractivity contribution in [2.45, 2.75) is 32.2 Å². The molecule has 1 aliphatic heterocycles. The highest BCUT2D eigenvalue weighted by molar-refractivity contribution is 7.89. The Hall–Kier alpha value is -2.88. The van der Waals surface area contributed by atoms with E-state index in [2.05, 4.69) is 22.0 Å². The van der Waals surface area contributed by atoms with E-state index in [1.807, 2.05) is 38.5 Å². The first kappa shape index (κ1) is 25.2. The summed E-state index contributed by atoms with van der Waals surface area (Å²) in [6.07, 6.45) is 3.41. The van der Waals surface area contributed by atoms with Crippen molar-refractivity contribution in [1.82, 2.24) is 14.2 Å². The molecule has 0 spiro atoms. The molecule has 1 aromatic heterocycles. The number of nitrogens with two attached hydrogens (primary N) is 1. The Balaban J connectivity index is 1.75. The molecule has 188 valence electrons. The number of aromatic nitrogens is 1. The summed E-state index contributed by atoms with van der Waals surface area (Å²) in [5.41, 5.74) is 11.0. The standard InChI is InChI=1S/C26H34N4O4S/c1-5-35(32,33)30-10-8-17(9-11-30)23-15-28-25-21(23)13-19(14-22(25)26(27)31)18-6-7-24(34-4)20(12-18)16-29(2)3/h6-7,12-15,17,28H,5,8-11,16H2,1-4H3,(H2,27,31). The molecule has 8 nitrogen and oxygen atoms in total. The second kappa shape index (κ2) is 10.0. The Bertz CT molecular complexity index is 1340. The van der Waals surface area contributed by atoms with E-state index in [-0.39, 0.29) is 11.7 Å². The average Bonchev–Trinajstić information content (AvgIpc) is 3.27. The molecular weight excluding hydrogens is 464 g/mol. The number of piperidine rings is 1. The van der Waals surface area contributed by atoms with Crippen LogP contribution in [0.15, 0.2) is 36.5 Å². The van der Waals surface area contributed by atoms with Gasteiger partial charge in [0.1, 0.15) is 5.75 Å². The number of hydrogen-bond donors (Lipinski definition) is 2. The van der Waals surface area contributed by atoms with Gasteiger partial charge < -0.3 is 20.4 Å². The fourth-order valence-corrected chi connectivity index (χ4v) is 6.13. The molecule has 9 heteroatoms. The maximum absolute atomic E-state index is 12.4. The number of primary amides is 1. The predicted molar refractivity (Wildman–Crippen MR) is 139 cm³/mol. The number of carbonyl (C=O) groups is 1. The van der Waals surface area contributed by atoms with E-state index in [9.17, 15) is 13.2 Å². The molecule has 0 bridgehead atoms. The molecule has 0 saturated carbocycles. The summed E-state index contributed by atoms with van der Waals surface area (Å²) in [5.74, 6) is 0.641. The van der Waals surface area contributed by atoms with Crippen LogP contribution in [-0.4, -0.2) is 68.6 Å². The van der Waals surface area contributed by atoms with Crippen LogP contribution in [-0.2, 0) is 16.6 Å². The fourth-order valence-electron chi connectivity index (χ4n) is 5.00. The van der Waals surface area contributed by atoms with Gasteiger partial charge in [-0.2, -0.15) is 0 Å². The third kappa shape index (κ3) is 5.07. The van der Waals surface area contributed by atoms with Gasteiger partial charge in [-0.25, -0.2) is 12.7 Å². The number of nitrogens with one attached hydrogen (secondary N) is 1. The Labute approximate surface area is 207 Å². The van der Waals surface area contributed by atoms with Gasteiger partial charge in [0, 0.05) is 36.8 Å². The molecule has 1 fully saturated rings. The number of H-pyrrole nitrogens is 1. The number of benzene rings is 2. The van der Waals surface area contributed by atoms with Crippen LogP contribution in [0, 0.1) is 0 Å². The molecule has 0 radical (unpaired) electrons. The van der Waals surface area contributed by atoms with Gasteiger partial charge in [-0.15, -0.1) is 0 Å². The first-order chi connectivity index (χ1) is 16.6. The Kier molecular flexibility index (Phi) is 7.21. The van der Waals surface area contributed by atoms with E-state index in [4.69, 9.17) is 10.5 Å². The molecule has 3 aromatic rings. The summed E-state index contributed by atoms with van der Waals surface area (Å²) in [5, 5.41) is 0.957. The molecule has 0 unspecified atom stereocenters. The van der Waals surface area contributed by atoms with Crippen LogP contribution >= 0.6 is 0 Å². The Morgan fingerprint density at radius 3 is 2.49 bits per heavy atom. The SMILES string of the molecule is CCS(=O)(=O)N1CCC(c2c[nH]c3c(C(N)=O)cc(-c4ccc(OC)c(CN(C)C)c4)cc23)CC1. The van der Waals surface area contributed by atoms with Crippen LogP contribution < -0.4 is 10.5 Å². The fraction of sp³-hybridized carbons (Fsp3) is 0.423. The van der Waals surface area contributed by atoms with Crippen molar-refractivity contribution in [2.75, 3.05) is 40.0 Å². The lowest BCUT2D eigenvalue weighted by Gasteiger charge is -2.31. The van der Waals surface area contributed by atoms with Gasteiger partial charge in [-0.3, -0.25) is 4.79 Å². The van der Waals surface area contributed by atoms with Crippen molar-refractivity contribution in [3.8, 4) is 16.9 Å². The molecule has 1 aliphatic rings. The normalized spacial score (nSPS) is 15.7. The second-order valence-electron chi connectivity index (χ2n) is 9.39. The highest BCUT2D eigenvalue weighted by Gasteiger charge is 2.29. The lowest BCUT2D eigenvalue weighted by Crippen LogP contribution is -2.38. The minimum absolute atomic E-state index is 0.119. The monoisotopic (exact) mass is 498 g/mol. The number of ether oxygens (including phenoxy) is 1. The van der Waals surface area contributed by atoms with Crippen LogP contribution in [0.5, 0.6) is 5.75 Å². The lowest BCUT2D eigenvalue weighted by atomic mass is 9.88. The van der Waals surface area contributed by atoms with Gasteiger partial charge in [0.2, 0.25) is 10.0 Å². The molecule has 3 N–H and O–H groups in total. The zero-order valence-electron chi connectivity index (χ0n) is 20.8.